The summed E-state index contributed by atoms with van der Waals surface area (Å²) in [6.07, 6.45) is 1.66. The van der Waals surface area contributed by atoms with Gasteiger partial charge in [-0.3, -0.25) is 0 Å². The van der Waals surface area contributed by atoms with Crippen LogP contribution in [0.5, 0.6) is 5.75 Å². The maximum Gasteiger partial charge on any atom is 0.243 e. The second-order valence-electron chi connectivity index (χ2n) is 6.87. The first-order valence-corrected chi connectivity index (χ1v) is 11.6. The Morgan fingerprint density at radius 2 is 2.00 bits per heavy atom. The van der Waals surface area contributed by atoms with E-state index >= 15 is 0 Å². The van der Waals surface area contributed by atoms with Gasteiger partial charge in [-0.15, -0.1) is 0 Å². The second-order valence-corrected chi connectivity index (χ2v) is 9.22. The molecule has 2 aromatic carbocycles. The van der Waals surface area contributed by atoms with Crippen molar-refractivity contribution >= 4 is 54.7 Å². The number of hydrogen-bond donors (Lipinski definition) is 1. The van der Waals surface area contributed by atoms with E-state index in [2.05, 4.69) is 9.97 Å². The standard InChI is InChI=1S/C22H22ClN3O4S/c1-4-26(5-2)31(27,28)16-9-10-18-19(13-16)25-22(24-18)17(23)12-15-11-14-7-6-8-20(29-3)21(14)30-15/h6-13H,4-5H2,1-3H3,(H,24,25)/b17-12-. The highest BCUT2D eigenvalue weighted by molar-refractivity contribution is 7.89. The van der Waals surface area contributed by atoms with Crippen molar-refractivity contribution in [2.24, 2.45) is 0 Å². The summed E-state index contributed by atoms with van der Waals surface area (Å²) in [5, 5.41) is 1.23. The Hall–Kier alpha value is -2.81. The maximum absolute atomic E-state index is 12.8. The summed E-state index contributed by atoms with van der Waals surface area (Å²) in [4.78, 5) is 7.78. The normalized spacial score (nSPS) is 12.9. The van der Waals surface area contributed by atoms with Gasteiger partial charge in [0, 0.05) is 24.6 Å². The van der Waals surface area contributed by atoms with E-state index in [0.29, 0.717) is 52.1 Å². The van der Waals surface area contributed by atoms with Crippen LogP contribution in [-0.4, -0.2) is 42.9 Å². The molecule has 4 rings (SSSR count). The van der Waals surface area contributed by atoms with Gasteiger partial charge in [0.05, 0.1) is 28.1 Å². The zero-order valence-corrected chi connectivity index (χ0v) is 18.9. The number of benzene rings is 2. The average Bonchev–Trinajstić information content (AvgIpc) is 3.37. The topological polar surface area (TPSA) is 88.4 Å². The fourth-order valence-corrected chi connectivity index (χ4v) is 5.14. The molecule has 0 aliphatic rings. The molecule has 31 heavy (non-hydrogen) atoms. The van der Waals surface area contributed by atoms with Gasteiger partial charge in [-0.1, -0.05) is 37.6 Å². The summed E-state index contributed by atoms with van der Waals surface area (Å²) in [6, 6.07) is 12.3. The Morgan fingerprint density at radius 1 is 1.23 bits per heavy atom. The molecule has 4 aromatic rings. The number of nitrogens with one attached hydrogen (secondary N) is 1. The molecule has 9 heteroatoms. The Balaban J connectivity index is 1.70. The molecular weight excluding hydrogens is 438 g/mol. The molecule has 7 nitrogen and oxygen atoms in total. The molecule has 0 aliphatic carbocycles. The molecule has 2 heterocycles. The van der Waals surface area contributed by atoms with Crippen molar-refractivity contribution in [3.8, 4) is 5.75 Å². The Bertz CT molecular complexity index is 1380. The molecule has 0 saturated carbocycles. The first kappa shape index (κ1) is 21.4. The van der Waals surface area contributed by atoms with E-state index in [4.69, 9.17) is 20.8 Å². The lowest BCUT2D eigenvalue weighted by molar-refractivity contribution is 0.410. The van der Waals surface area contributed by atoms with Crippen molar-refractivity contribution < 1.29 is 17.6 Å². The first-order chi connectivity index (χ1) is 14.9. The third-order valence-electron chi connectivity index (χ3n) is 5.04. The number of para-hydroxylation sites is 1. The highest BCUT2D eigenvalue weighted by Gasteiger charge is 2.22. The highest BCUT2D eigenvalue weighted by atomic mass is 35.5. The summed E-state index contributed by atoms with van der Waals surface area (Å²) < 4.78 is 38.2. The number of halogens is 1. The van der Waals surface area contributed by atoms with Gasteiger partial charge in [-0.25, -0.2) is 13.4 Å². The van der Waals surface area contributed by atoms with Crippen LogP contribution in [0.15, 0.2) is 51.8 Å². The molecule has 0 radical (unpaired) electrons. The van der Waals surface area contributed by atoms with Gasteiger partial charge in [0.25, 0.3) is 0 Å². The molecule has 0 atom stereocenters. The Morgan fingerprint density at radius 3 is 2.71 bits per heavy atom. The smallest absolute Gasteiger partial charge is 0.243 e. The number of nitrogens with zero attached hydrogens (tertiary/aromatic N) is 2. The number of fused-ring (bicyclic) bond motifs is 2. The fraction of sp³-hybridized carbons (Fsp3) is 0.227. The van der Waals surface area contributed by atoms with Crippen LogP contribution >= 0.6 is 11.6 Å². The van der Waals surface area contributed by atoms with Gasteiger partial charge < -0.3 is 14.1 Å². The van der Waals surface area contributed by atoms with Crippen molar-refractivity contribution in [1.29, 1.82) is 0 Å². The number of aromatic amines is 1. The van der Waals surface area contributed by atoms with Crippen LogP contribution in [0.4, 0.5) is 0 Å². The minimum atomic E-state index is -3.56. The molecule has 0 aliphatic heterocycles. The third-order valence-corrected chi connectivity index (χ3v) is 7.37. The molecule has 0 unspecified atom stereocenters. The number of methoxy groups -OCH3 is 1. The van der Waals surface area contributed by atoms with Gasteiger partial charge in [0.2, 0.25) is 10.0 Å². The van der Waals surface area contributed by atoms with Crippen LogP contribution in [0.3, 0.4) is 0 Å². The monoisotopic (exact) mass is 459 g/mol. The zero-order valence-electron chi connectivity index (χ0n) is 17.3. The quantitative estimate of drug-likeness (QED) is 0.416. The first-order valence-electron chi connectivity index (χ1n) is 9.81. The van der Waals surface area contributed by atoms with Crippen molar-refractivity contribution in [1.82, 2.24) is 14.3 Å². The number of ether oxygens (including phenoxy) is 1. The van der Waals surface area contributed by atoms with E-state index in [1.54, 1.807) is 31.4 Å². The number of imidazole rings is 1. The minimum absolute atomic E-state index is 0.211. The number of sulfonamides is 1. The van der Waals surface area contributed by atoms with Gasteiger partial charge in [-0.05, 0) is 30.3 Å². The van der Waals surface area contributed by atoms with Crippen LogP contribution in [0, 0.1) is 0 Å². The summed E-state index contributed by atoms with van der Waals surface area (Å²) in [7, 11) is -1.98. The highest BCUT2D eigenvalue weighted by Crippen LogP contribution is 2.31. The molecule has 162 valence electrons. The number of hydrogen-bond acceptors (Lipinski definition) is 5. The van der Waals surface area contributed by atoms with Gasteiger partial charge in [0.1, 0.15) is 11.6 Å². The predicted molar refractivity (Wildman–Crippen MR) is 123 cm³/mol. The molecule has 0 bridgehead atoms. The summed E-state index contributed by atoms with van der Waals surface area (Å²) in [5.74, 6) is 1.61. The lowest BCUT2D eigenvalue weighted by Crippen LogP contribution is -2.30. The number of H-pyrrole nitrogens is 1. The Labute approximate surface area is 185 Å². The van der Waals surface area contributed by atoms with E-state index < -0.39 is 10.0 Å². The van der Waals surface area contributed by atoms with Crippen molar-refractivity contribution in [2.45, 2.75) is 18.7 Å². The van der Waals surface area contributed by atoms with Crippen LogP contribution in [0.25, 0.3) is 33.1 Å². The molecule has 0 saturated heterocycles. The van der Waals surface area contributed by atoms with Gasteiger partial charge >= 0.3 is 0 Å². The molecular formula is C22H22ClN3O4S. The number of furan rings is 1. The van der Waals surface area contributed by atoms with E-state index in [9.17, 15) is 8.42 Å². The summed E-state index contributed by atoms with van der Waals surface area (Å²) >= 11 is 6.49. The lowest BCUT2D eigenvalue weighted by atomic mass is 10.2. The molecule has 2 aromatic heterocycles. The third kappa shape index (κ3) is 3.94. The van der Waals surface area contributed by atoms with E-state index in [0.717, 1.165) is 5.39 Å². The van der Waals surface area contributed by atoms with Crippen molar-refractivity contribution in [2.75, 3.05) is 20.2 Å². The van der Waals surface area contributed by atoms with Crippen molar-refractivity contribution in [3.63, 3.8) is 0 Å². The number of rotatable bonds is 7. The SMILES string of the molecule is CCN(CC)S(=O)(=O)c1ccc2nc(/C(Cl)=C/c3cc4cccc(OC)c4o3)[nH]c2c1. The van der Waals surface area contributed by atoms with E-state index in [1.165, 1.54) is 4.31 Å². The summed E-state index contributed by atoms with van der Waals surface area (Å²) in [6.45, 7) is 4.43. The minimum Gasteiger partial charge on any atom is -0.493 e. The molecule has 0 spiro atoms. The summed E-state index contributed by atoms with van der Waals surface area (Å²) in [5.41, 5.74) is 1.84. The molecule has 1 N–H and O–H groups in total. The van der Waals surface area contributed by atoms with Gasteiger partial charge in [0.15, 0.2) is 11.3 Å². The maximum atomic E-state index is 12.8. The lowest BCUT2D eigenvalue weighted by Gasteiger charge is -2.18. The molecule has 0 fully saturated rings. The van der Waals surface area contributed by atoms with Crippen LogP contribution in [0.2, 0.25) is 0 Å². The zero-order chi connectivity index (χ0) is 22.2. The van der Waals surface area contributed by atoms with Crippen LogP contribution in [0.1, 0.15) is 25.4 Å². The second kappa shape index (κ2) is 8.37. The number of aromatic nitrogens is 2. The Kier molecular flexibility index (Phi) is 5.79. The van der Waals surface area contributed by atoms with Crippen LogP contribution < -0.4 is 4.74 Å². The van der Waals surface area contributed by atoms with E-state index in [-0.39, 0.29) is 4.90 Å². The van der Waals surface area contributed by atoms with Crippen molar-refractivity contribution in [3.05, 3.63) is 54.0 Å². The largest absolute Gasteiger partial charge is 0.493 e. The average molecular weight is 460 g/mol. The van der Waals surface area contributed by atoms with Crippen LogP contribution in [-0.2, 0) is 10.0 Å². The van der Waals surface area contributed by atoms with Gasteiger partial charge in [-0.2, -0.15) is 4.31 Å². The van der Waals surface area contributed by atoms with E-state index in [1.807, 2.05) is 38.1 Å². The molecule has 0 amide bonds. The predicted octanol–water partition coefficient (Wildman–Crippen LogP) is 5.09. The fourth-order valence-electron chi connectivity index (χ4n) is 3.46.